The molecule has 1 aliphatic rings. The van der Waals surface area contributed by atoms with E-state index in [2.05, 4.69) is 10.6 Å². The van der Waals surface area contributed by atoms with Crippen LogP contribution in [0.3, 0.4) is 0 Å². The van der Waals surface area contributed by atoms with Crippen molar-refractivity contribution in [1.29, 1.82) is 0 Å². The number of ether oxygens (including phenoxy) is 1. The molecule has 0 radical (unpaired) electrons. The van der Waals surface area contributed by atoms with Gasteiger partial charge in [0.1, 0.15) is 5.75 Å². The predicted molar refractivity (Wildman–Crippen MR) is 106 cm³/mol. The number of urea groups is 1. The summed E-state index contributed by atoms with van der Waals surface area (Å²) in [6.07, 6.45) is 3.70. The number of benzene rings is 2. The zero-order valence-corrected chi connectivity index (χ0v) is 15.8. The van der Waals surface area contributed by atoms with Gasteiger partial charge >= 0.3 is 6.03 Å². The molecule has 0 unspecified atom stereocenters. The molecule has 2 amide bonds. The van der Waals surface area contributed by atoms with E-state index < -0.39 is 0 Å². The maximum atomic E-state index is 12.1. The molecule has 1 saturated carbocycles. The Balaban J connectivity index is 1.42. The number of Topliss-reactive ketones (excluding diaryl/α,β-unsaturated/α-hetero) is 1. The molecule has 0 spiro atoms. The summed E-state index contributed by atoms with van der Waals surface area (Å²) in [6, 6.07) is 15.0. The summed E-state index contributed by atoms with van der Waals surface area (Å²) in [4.78, 5) is 23.5. The van der Waals surface area contributed by atoms with E-state index in [1.807, 2.05) is 43.3 Å². The molecule has 142 valence electrons. The van der Waals surface area contributed by atoms with Gasteiger partial charge in [-0.05, 0) is 75.9 Å². The first-order chi connectivity index (χ1) is 13.0. The monoisotopic (exact) mass is 366 g/mol. The van der Waals surface area contributed by atoms with Gasteiger partial charge in [0.25, 0.3) is 0 Å². The van der Waals surface area contributed by atoms with Crippen LogP contribution in [-0.4, -0.2) is 24.0 Å². The van der Waals surface area contributed by atoms with E-state index in [1.165, 1.54) is 0 Å². The van der Waals surface area contributed by atoms with Crippen LogP contribution in [-0.2, 0) is 0 Å². The summed E-state index contributed by atoms with van der Waals surface area (Å²) < 4.78 is 6.01. The molecule has 0 aliphatic heterocycles. The number of amides is 2. The molecule has 0 saturated heterocycles. The first-order valence-corrected chi connectivity index (χ1v) is 9.41. The fourth-order valence-corrected chi connectivity index (χ4v) is 3.28. The number of nitrogens with one attached hydrogen (secondary N) is 2. The van der Waals surface area contributed by atoms with Gasteiger partial charge in [0, 0.05) is 17.3 Å². The minimum atomic E-state index is -0.164. The lowest BCUT2D eigenvalue weighted by Crippen LogP contribution is -2.41. The van der Waals surface area contributed by atoms with Crippen molar-refractivity contribution >= 4 is 17.5 Å². The van der Waals surface area contributed by atoms with E-state index in [0.29, 0.717) is 5.56 Å². The molecule has 0 bridgehead atoms. The molecule has 27 heavy (non-hydrogen) atoms. The largest absolute Gasteiger partial charge is 0.490 e. The molecule has 2 aromatic rings. The Morgan fingerprint density at radius 3 is 2.15 bits per heavy atom. The van der Waals surface area contributed by atoms with Gasteiger partial charge in [-0.2, -0.15) is 0 Å². The summed E-state index contributed by atoms with van der Waals surface area (Å²) in [7, 11) is 0. The van der Waals surface area contributed by atoms with Crippen molar-refractivity contribution in [2.24, 2.45) is 0 Å². The molecule has 1 aliphatic carbocycles. The van der Waals surface area contributed by atoms with Gasteiger partial charge in [0.15, 0.2) is 5.78 Å². The lowest BCUT2D eigenvalue weighted by molar-refractivity contribution is 0.101. The molecule has 1 fully saturated rings. The Morgan fingerprint density at radius 1 is 0.926 bits per heavy atom. The number of ketones is 1. The Bertz CT molecular complexity index is 776. The molecule has 5 heteroatoms. The van der Waals surface area contributed by atoms with Gasteiger partial charge in [-0.15, -0.1) is 0 Å². The van der Waals surface area contributed by atoms with Gasteiger partial charge in [-0.1, -0.05) is 17.7 Å². The smallest absolute Gasteiger partial charge is 0.319 e. The van der Waals surface area contributed by atoms with E-state index in [1.54, 1.807) is 19.1 Å². The molecule has 2 N–H and O–H groups in total. The Hall–Kier alpha value is -2.82. The van der Waals surface area contributed by atoms with Gasteiger partial charge in [-0.25, -0.2) is 4.79 Å². The van der Waals surface area contributed by atoms with Crippen LogP contribution < -0.4 is 15.4 Å². The molecule has 3 rings (SSSR count). The summed E-state index contributed by atoms with van der Waals surface area (Å²) in [5.41, 5.74) is 2.65. The first-order valence-electron chi connectivity index (χ1n) is 9.41. The summed E-state index contributed by atoms with van der Waals surface area (Å²) >= 11 is 0. The summed E-state index contributed by atoms with van der Waals surface area (Å²) in [6.45, 7) is 3.57. The second-order valence-electron chi connectivity index (χ2n) is 7.14. The third-order valence-corrected chi connectivity index (χ3v) is 4.88. The van der Waals surface area contributed by atoms with Crippen molar-refractivity contribution in [3.8, 4) is 5.75 Å². The van der Waals surface area contributed by atoms with E-state index in [-0.39, 0.29) is 24.0 Å². The standard InChI is InChI=1S/C22H26N2O3/c1-15-3-7-18(8-4-15)23-22(26)24-19-9-13-21(14-10-19)27-20-11-5-17(6-12-20)16(2)25/h3-8,11-12,19,21H,9-10,13-14H2,1-2H3,(H2,23,24,26)/t19-,21-. The Kier molecular flexibility index (Phi) is 6.12. The first kappa shape index (κ1) is 19.0. The van der Waals surface area contributed by atoms with E-state index in [4.69, 9.17) is 4.74 Å². The van der Waals surface area contributed by atoms with E-state index >= 15 is 0 Å². The topological polar surface area (TPSA) is 67.4 Å². The minimum Gasteiger partial charge on any atom is -0.490 e. The highest BCUT2D eigenvalue weighted by Crippen LogP contribution is 2.24. The van der Waals surface area contributed by atoms with Gasteiger partial charge < -0.3 is 15.4 Å². The van der Waals surface area contributed by atoms with Crippen LogP contribution in [0.25, 0.3) is 0 Å². The summed E-state index contributed by atoms with van der Waals surface area (Å²) in [5.74, 6) is 0.838. The zero-order chi connectivity index (χ0) is 19.2. The van der Waals surface area contributed by atoms with Crippen LogP contribution in [0.5, 0.6) is 5.75 Å². The van der Waals surface area contributed by atoms with Crippen molar-refractivity contribution in [3.05, 3.63) is 59.7 Å². The van der Waals surface area contributed by atoms with Crippen LogP contribution in [0.4, 0.5) is 10.5 Å². The highest BCUT2D eigenvalue weighted by molar-refractivity contribution is 5.94. The van der Waals surface area contributed by atoms with Crippen molar-refractivity contribution < 1.29 is 14.3 Å². The second-order valence-corrected chi connectivity index (χ2v) is 7.14. The van der Waals surface area contributed by atoms with Gasteiger partial charge in [0.2, 0.25) is 0 Å². The molecule has 5 nitrogen and oxygen atoms in total. The van der Waals surface area contributed by atoms with Crippen molar-refractivity contribution in [2.75, 3.05) is 5.32 Å². The number of hydrogen-bond donors (Lipinski definition) is 2. The Labute approximate surface area is 160 Å². The Morgan fingerprint density at radius 2 is 1.56 bits per heavy atom. The third-order valence-electron chi connectivity index (χ3n) is 4.88. The molecular weight excluding hydrogens is 340 g/mol. The van der Waals surface area contributed by atoms with Crippen LogP contribution in [0.2, 0.25) is 0 Å². The van der Waals surface area contributed by atoms with Crippen LogP contribution in [0, 0.1) is 6.92 Å². The number of carbonyl (C=O) groups is 2. The second kappa shape index (κ2) is 8.71. The van der Waals surface area contributed by atoms with Crippen LogP contribution in [0.1, 0.15) is 48.5 Å². The number of aryl methyl sites for hydroxylation is 1. The SMILES string of the molecule is CC(=O)c1ccc(O[C@H]2CC[C@H](NC(=O)Nc3ccc(C)cc3)CC2)cc1. The average Bonchev–Trinajstić information content (AvgIpc) is 2.66. The minimum absolute atomic E-state index is 0.0528. The van der Waals surface area contributed by atoms with Crippen molar-refractivity contribution in [3.63, 3.8) is 0 Å². The fraction of sp³-hybridized carbons (Fsp3) is 0.364. The molecular formula is C22H26N2O3. The van der Waals surface area contributed by atoms with E-state index in [0.717, 1.165) is 42.7 Å². The number of carbonyl (C=O) groups excluding carboxylic acids is 2. The third kappa shape index (κ3) is 5.58. The molecule has 0 aromatic heterocycles. The van der Waals surface area contributed by atoms with Crippen LogP contribution >= 0.6 is 0 Å². The quantitative estimate of drug-likeness (QED) is 0.753. The molecule has 0 heterocycles. The maximum Gasteiger partial charge on any atom is 0.319 e. The van der Waals surface area contributed by atoms with Crippen molar-refractivity contribution in [2.45, 2.75) is 51.7 Å². The number of hydrogen-bond acceptors (Lipinski definition) is 3. The maximum absolute atomic E-state index is 12.1. The van der Waals surface area contributed by atoms with Crippen LogP contribution in [0.15, 0.2) is 48.5 Å². The lowest BCUT2D eigenvalue weighted by atomic mass is 9.93. The molecule has 2 aromatic carbocycles. The highest BCUT2D eigenvalue weighted by atomic mass is 16.5. The average molecular weight is 366 g/mol. The zero-order valence-electron chi connectivity index (χ0n) is 15.8. The normalized spacial score (nSPS) is 19.2. The van der Waals surface area contributed by atoms with Gasteiger partial charge in [-0.3, -0.25) is 4.79 Å². The lowest BCUT2D eigenvalue weighted by Gasteiger charge is -2.29. The molecule has 0 atom stereocenters. The predicted octanol–water partition coefficient (Wildman–Crippen LogP) is 4.71. The van der Waals surface area contributed by atoms with E-state index in [9.17, 15) is 9.59 Å². The number of anilines is 1. The summed E-state index contributed by atoms with van der Waals surface area (Å²) in [5, 5.41) is 5.92. The fourth-order valence-electron chi connectivity index (χ4n) is 3.28. The highest BCUT2D eigenvalue weighted by Gasteiger charge is 2.23. The van der Waals surface area contributed by atoms with Crippen molar-refractivity contribution in [1.82, 2.24) is 5.32 Å². The number of rotatable bonds is 5. The van der Waals surface area contributed by atoms with Gasteiger partial charge in [0.05, 0.1) is 6.10 Å².